The molecule has 37 heavy (non-hydrogen) atoms. The van der Waals surface area contributed by atoms with E-state index in [1.165, 1.54) is 13.0 Å². The number of fused-ring (bicyclic) bond motifs is 1. The number of ether oxygens (including phenoxy) is 2. The number of hydrogen-bond donors (Lipinski definition) is 2. The molecule has 1 fully saturated rings. The number of benzene rings is 2. The Kier molecular flexibility index (Phi) is 6.74. The van der Waals surface area contributed by atoms with Crippen LogP contribution in [0.4, 0.5) is 10.1 Å². The zero-order valence-corrected chi connectivity index (χ0v) is 21.5. The predicted molar refractivity (Wildman–Crippen MR) is 141 cm³/mol. The van der Waals surface area contributed by atoms with E-state index in [1.807, 2.05) is 24.3 Å². The molecule has 2 aromatic carbocycles. The summed E-state index contributed by atoms with van der Waals surface area (Å²) < 4.78 is 26.0. The van der Waals surface area contributed by atoms with E-state index in [2.05, 4.69) is 25.2 Å². The van der Waals surface area contributed by atoms with E-state index in [0.29, 0.717) is 27.4 Å². The number of halogens is 2. The van der Waals surface area contributed by atoms with E-state index in [0.717, 1.165) is 37.6 Å². The zero-order chi connectivity index (χ0) is 26.2. The fourth-order valence-corrected chi connectivity index (χ4v) is 4.74. The number of hydrogen-bond acceptors (Lipinski definition) is 6. The molecule has 2 aromatic heterocycles. The van der Waals surface area contributed by atoms with Crippen molar-refractivity contribution in [3.63, 3.8) is 0 Å². The third-order valence-corrected chi connectivity index (χ3v) is 6.53. The summed E-state index contributed by atoms with van der Waals surface area (Å²) >= 11 is 6.55. The normalized spacial score (nSPS) is 14.1. The van der Waals surface area contributed by atoms with Crippen LogP contribution in [0.25, 0.3) is 22.4 Å². The Bertz CT molecular complexity index is 1450. The first kappa shape index (κ1) is 25.0. The van der Waals surface area contributed by atoms with Gasteiger partial charge in [0.05, 0.1) is 35.0 Å². The maximum Gasteiger partial charge on any atom is 0.301 e. The minimum Gasteiger partial charge on any atom is -0.425 e. The minimum atomic E-state index is -0.870. The van der Waals surface area contributed by atoms with Gasteiger partial charge in [-0.25, -0.2) is 9.37 Å². The number of rotatable bonds is 6. The molecule has 0 bridgehead atoms. The summed E-state index contributed by atoms with van der Waals surface area (Å²) in [4.78, 5) is 25.8. The van der Waals surface area contributed by atoms with Gasteiger partial charge in [-0.2, -0.15) is 4.98 Å². The van der Waals surface area contributed by atoms with Gasteiger partial charge in [0.2, 0.25) is 5.91 Å². The Balaban J connectivity index is 1.36. The second-order valence-electron chi connectivity index (χ2n) is 9.43. The van der Waals surface area contributed by atoms with E-state index >= 15 is 0 Å². The van der Waals surface area contributed by atoms with Gasteiger partial charge in [-0.15, -0.1) is 0 Å². The van der Waals surface area contributed by atoms with Crippen LogP contribution >= 0.6 is 11.6 Å². The summed E-state index contributed by atoms with van der Waals surface area (Å²) in [7, 11) is 0. The minimum absolute atomic E-state index is 0.159. The highest BCUT2D eigenvalue weighted by atomic mass is 35.5. The molecule has 1 amide bonds. The number of pyridine rings is 1. The molecule has 0 atom stereocenters. The Labute approximate surface area is 218 Å². The average Bonchev–Trinajstić information content (AvgIpc) is 3.24. The fraction of sp³-hybridized carbons (Fsp3) is 0.296. The van der Waals surface area contributed by atoms with Crippen molar-refractivity contribution in [2.24, 2.45) is 0 Å². The van der Waals surface area contributed by atoms with Gasteiger partial charge >= 0.3 is 6.01 Å². The number of morpholine rings is 1. The third kappa shape index (κ3) is 5.38. The Morgan fingerprint density at radius 2 is 1.86 bits per heavy atom. The number of imidazole rings is 1. The van der Waals surface area contributed by atoms with E-state index in [1.54, 1.807) is 32.0 Å². The Morgan fingerprint density at radius 3 is 2.54 bits per heavy atom. The summed E-state index contributed by atoms with van der Waals surface area (Å²) in [6.45, 7) is 8.03. The number of aromatic amines is 1. The number of nitrogens with one attached hydrogen (secondary N) is 2. The second-order valence-corrected chi connectivity index (χ2v) is 9.84. The number of nitrogens with zero attached hydrogens (tertiary/aromatic N) is 3. The molecule has 0 radical (unpaired) electrons. The topological polar surface area (TPSA) is 92.4 Å². The largest absolute Gasteiger partial charge is 0.425 e. The summed E-state index contributed by atoms with van der Waals surface area (Å²) in [5.41, 5.74) is 3.10. The zero-order valence-electron chi connectivity index (χ0n) is 20.8. The number of H-pyrrole nitrogens is 1. The Hall–Kier alpha value is -3.69. The van der Waals surface area contributed by atoms with Crippen molar-refractivity contribution in [3.05, 3.63) is 64.9 Å². The van der Waals surface area contributed by atoms with Gasteiger partial charge in [-0.05, 0) is 38.1 Å². The van der Waals surface area contributed by atoms with Gasteiger partial charge in [-0.1, -0.05) is 29.8 Å². The van der Waals surface area contributed by atoms with E-state index < -0.39 is 11.4 Å². The molecule has 2 N–H and O–H groups in total. The fourth-order valence-electron chi connectivity index (χ4n) is 4.48. The number of carbonyl (C=O) groups excluding carboxylic acids is 1. The molecule has 1 aliphatic rings. The quantitative estimate of drug-likeness (QED) is 0.351. The number of amides is 1. The summed E-state index contributed by atoms with van der Waals surface area (Å²) in [5, 5.41) is 3.21. The molecule has 0 spiro atoms. The summed E-state index contributed by atoms with van der Waals surface area (Å²) in [6.07, 6.45) is 0. The standard InChI is InChI=1S/C27H27ClFN5O3/c1-16(35)33-27(2,3)20-9-8-19(14-22(20)29)37-26-30-23-15-21(28)24(31-25(23)32-26)17-4-6-18(7-5-17)34-10-12-36-13-11-34/h4-9,14-15H,10-13H2,1-3H3,(H,33,35)(H,30,31,32). The molecule has 1 aliphatic heterocycles. The van der Waals surface area contributed by atoms with Crippen LogP contribution in [0.15, 0.2) is 48.5 Å². The maximum atomic E-state index is 14.8. The molecule has 0 saturated carbocycles. The SMILES string of the molecule is CC(=O)NC(C)(C)c1ccc(Oc2nc3nc(-c4ccc(N5CCOCC5)cc4)c(Cl)cc3[nH]2)cc1F. The van der Waals surface area contributed by atoms with Crippen LogP contribution in [-0.2, 0) is 15.1 Å². The molecule has 0 aliphatic carbocycles. The lowest BCUT2D eigenvalue weighted by Gasteiger charge is -2.28. The van der Waals surface area contributed by atoms with Gasteiger partial charge in [0.15, 0.2) is 5.65 Å². The molecule has 4 aromatic rings. The lowest BCUT2D eigenvalue weighted by Crippen LogP contribution is -2.40. The molecule has 192 valence electrons. The van der Waals surface area contributed by atoms with Gasteiger partial charge < -0.3 is 24.7 Å². The van der Waals surface area contributed by atoms with Crippen LogP contribution in [0.2, 0.25) is 5.02 Å². The van der Waals surface area contributed by atoms with Crippen molar-refractivity contribution >= 4 is 34.4 Å². The van der Waals surface area contributed by atoms with Gasteiger partial charge in [-0.3, -0.25) is 4.79 Å². The van der Waals surface area contributed by atoms with Crippen LogP contribution in [0.1, 0.15) is 26.3 Å². The maximum absolute atomic E-state index is 14.8. The third-order valence-electron chi connectivity index (χ3n) is 6.24. The van der Waals surface area contributed by atoms with Crippen LogP contribution < -0.4 is 15.0 Å². The smallest absolute Gasteiger partial charge is 0.301 e. The second kappa shape index (κ2) is 9.99. The van der Waals surface area contributed by atoms with Gasteiger partial charge in [0, 0.05) is 42.9 Å². The first-order chi connectivity index (χ1) is 17.7. The van der Waals surface area contributed by atoms with Crippen molar-refractivity contribution in [1.82, 2.24) is 20.3 Å². The van der Waals surface area contributed by atoms with E-state index in [-0.39, 0.29) is 17.7 Å². The van der Waals surface area contributed by atoms with Crippen molar-refractivity contribution in [2.75, 3.05) is 31.2 Å². The molecule has 10 heteroatoms. The van der Waals surface area contributed by atoms with E-state index in [4.69, 9.17) is 21.1 Å². The highest BCUT2D eigenvalue weighted by Gasteiger charge is 2.25. The number of anilines is 1. The highest BCUT2D eigenvalue weighted by molar-refractivity contribution is 6.33. The molecular weight excluding hydrogens is 497 g/mol. The van der Waals surface area contributed by atoms with Gasteiger partial charge in [0.1, 0.15) is 11.6 Å². The highest BCUT2D eigenvalue weighted by Crippen LogP contribution is 2.32. The van der Waals surface area contributed by atoms with Crippen molar-refractivity contribution in [3.8, 4) is 23.0 Å². The number of carbonyl (C=O) groups is 1. The predicted octanol–water partition coefficient (Wildman–Crippen LogP) is 5.42. The van der Waals surface area contributed by atoms with Crippen LogP contribution in [0.5, 0.6) is 11.8 Å². The van der Waals surface area contributed by atoms with Crippen molar-refractivity contribution in [1.29, 1.82) is 0 Å². The summed E-state index contributed by atoms with van der Waals surface area (Å²) in [6, 6.07) is 14.4. The monoisotopic (exact) mass is 523 g/mol. The van der Waals surface area contributed by atoms with Crippen LogP contribution in [0.3, 0.4) is 0 Å². The average molecular weight is 524 g/mol. The molecule has 8 nitrogen and oxygen atoms in total. The molecular formula is C27H27ClFN5O3. The van der Waals surface area contributed by atoms with Crippen LogP contribution in [0, 0.1) is 5.82 Å². The van der Waals surface area contributed by atoms with E-state index in [9.17, 15) is 9.18 Å². The lowest BCUT2D eigenvalue weighted by molar-refractivity contribution is -0.120. The molecule has 1 saturated heterocycles. The van der Waals surface area contributed by atoms with Crippen molar-refractivity contribution in [2.45, 2.75) is 26.3 Å². The first-order valence-electron chi connectivity index (χ1n) is 12.0. The molecule has 5 rings (SSSR count). The number of aromatic nitrogens is 3. The van der Waals surface area contributed by atoms with Crippen LogP contribution in [-0.4, -0.2) is 47.2 Å². The molecule has 3 heterocycles. The summed E-state index contributed by atoms with van der Waals surface area (Å²) in [5.74, 6) is -0.495. The lowest BCUT2D eigenvalue weighted by atomic mass is 9.93. The van der Waals surface area contributed by atoms with Gasteiger partial charge in [0.25, 0.3) is 0 Å². The van der Waals surface area contributed by atoms with Crippen molar-refractivity contribution < 1.29 is 18.7 Å². The Morgan fingerprint density at radius 1 is 1.14 bits per heavy atom. The first-order valence-corrected chi connectivity index (χ1v) is 12.3. The molecule has 0 unspecified atom stereocenters.